The minimum Gasteiger partial charge on any atom is -0.469 e. The van der Waals surface area contributed by atoms with Gasteiger partial charge in [-0.3, -0.25) is 4.79 Å². The molecular formula is C13H21NO2S. The van der Waals surface area contributed by atoms with Crippen LogP contribution >= 0.6 is 11.3 Å². The number of nitrogens with one attached hydrogen (secondary N) is 1. The molecule has 0 spiro atoms. The summed E-state index contributed by atoms with van der Waals surface area (Å²) in [7, 11) is 1.43. The van der Waals surface area contributed by atoms with Crippen molar-refractivity contribution in [2.24, 2.45) is 0 Å². The van der Waals surface area contributed by atoms with Crippen molar-refractivity contribution in [3.05, 3.63) is 21.4 Å². The van der Waals surface area contributed by atoms with Crippen LogP contribution in [0, 0.1) is 13.8 Å². The predicted molar refractivity (Wildman–Crippen MR) is 71.5 cm³/mol. The van der Waals surface area contributed by atoms with Crippen molar-refractivity contribution in [3.63, 3.8) is 0 Å². The Morgan fingerprint density at radius 1 is 1.53 bits per heavy atom. The highest BCUT2D eigenvalue weighted by Gasteiger charge is 2.10. The summed E-state index contributed by atoms with van der Waals surface area (Å²) in [6.07, 6.45) is 1.30. The van der Waals surface area contributed by atoms with Crippen molar-refractivity contribution in [1.29, 1.82) is 0 Å². The summed E-state index contributed by atoms with van der Waals surface area (Å²) in [5.74, 6) is -0.137. The van der Waals surface area contributed by atoms with Crippen molar-refractivity contribution in [1.82, 2.24) is 5.32 Å². The molecule has 1 heterocycles. The highest BCUT2D eigenvalue weighted by molar-refractivity contribution is 7.12. The first kappa shape index (κ1) is 14.2. The molecule has 0 aliphatic heterocycles. The van der Waals surface area contributed by atoms with E-state index < -0.39 is 0 Å². The van der Waals surface area contributed by atoms with Gasteiger partial charge in [0, 0.05) is 22.2 Å². The van der Waals surface area contributed by atoms with E-state index in [-0.39, 0.29) is 5.97 Å². The number of aryl methyl sites for hydroxylation is 2. The van der Waals surface area contributed by atoms with Gasteiger partial charge in [0.05, 0.1) is 7.11 Å². The fourth-order valence-electron chi connectivity index (χ4n) is 1.84. The molecule has 1 N–H and O–H groups in total. The summed E-state index contributed by atoms with van der Waals surface area (Å²) < 4.78 is 4.60. The normalized spacial score (nSPS) is 12.5. The van der Waals surface area contributed by atoms with Gasteiger partial charge in [0.25, 0.3) is 0 Å². The molecule has 0 bridgehead atoms. The van der Waals surface area contributed by atoms with Gasteiger partial charge in [-0.15, -0.1) is 11.3 Å². The van der Waals surface area contributed by atoms with Crippen LogP contribution in [-0.4, -0.2) is 19.6 Å². The average Bonchev–Trinajstić information content (AvgIpc) is 2.63. The maximum atomic E-state index is 10.9. The summed E-state index contributed by atoms with van der Waals surface area (Å²) in [4.78, 5) is 13.7. The van der Waals surface area contributed by atoms with Gasteiger partial charge >= 0.3 is 5.97 Å². The third kappa shape index (κ3) is 4.48. The zero-order valence-corrected chi connectivity index (χ0v) is 11.8. The lowest BCUT2D eigenvalue weighted by atomic mass is 10.1. The van der Waals surface area contributed by atoms with Crippen molar-refractivity contribution >= 4 is 17.3 Å². The van der Waals surface area contributed by atoms with Crippen LogP contribution in [0.2, 0.25) is 0 Å². The number of hydrogen-bond donors (Lipinski definition) is 1. The molecule has 0 amide bonds. The van der Waals surface area contributed by atoms with Crippen LogP contribution < -0.4 is 5.32 Å². The second-order valence-corrected chi connectivity index (χ2v) is 5.68. The fraction of sp³-hybridized carbons (Fsp3) is 0.615. The molecule has 1 rings (SSSR count). The predicted octanol–water partition coefficient (Wildman–Crippen LogP) is 2.97. The van der Waals surface area contributed by atoms with E-state index in [1.54, 1.807) is 0 Å². The lowest BCUT2D eigenvalue weighted by Crippen LogP contribution is -2.20. The van der Waals surface area contributed by atoms with Crippen LogP contribution in [-0.2, 0) is 9.53 Å². The Hall–Kier alpha value is -0.870. The van der Waals surface area contributed by atoms with Crippen LogP contribution in [0.3, 0.4) is 0 Å². The first-order valence-corrected chi connectivity index (χ1v) is 6.73. The largest absolute Gasteiger partial charge is 0.469 e. The Balaban J connectivity index is 2.32. The van der Waals surface area contributed by atoms with Crippen LogP contribution in [0.15, 0.2) is 6.07 Å². The summed E-state index contributed by atoms with van der Waals surface area (Å²) in [6, 6.07) is 2.58. The smallest absolute Gasteiger partial charge is 0.305 e. The highest BCUT2D eigenvalue weighted by Crippen LogP contribution is 2.25. The van der Waals surface area contributed by atoms with Gasteiger partial charge < -0.3 is 10.1 Å². The van der Waals surface area contributed by atoms with Crippen LogP contribution in [0.4, 0.5) is 0 Å². The number of methoxy groups -OCH3 is 1. The number of carbonyl (C=O) groups excluding carboxylic acids is 1. The average molecular weight is 255 g/mol. The van der Waals surface area contributed by atoms with Gasteiger partial charge in [0.1, 0.15) is 0 Å². The Kier molecular flexibility index (Phi) is 5.65. The molecule has 4 heteroatoms. The molecule has 1 unspecified atom stereocenters. The summed E-state index contributed by atoms with van der Waals surface area (Å²) in [6.45, 7) is 7.28. The van der Waals surface area contributed by atoms with Gasteiger partial charge in [-0.1, -0.05) is 0 Å². The molecule has 96 valence electrons. The molecule has 3 nitrogen and oxygen atoms in total. The van der Waals surface area contributed by atoms with E-state index in [1.165, 1.54) is 22.4 Å². The molecule has 0 fully saturated rings. The van der Waals surface area contributed by atoms with Gasteiger partial charge in [0.2, 0.25) is 0 Å². The minimum atomic E-state index is -0.137. The Labute approximate surface area is 107 Å². The number of rotatable bonds is 6. The molecule has 1 aromatic rings. The second-order valence-electron chi connectivity index (χ2n) is 4.22. The number of hydrogen-bond acceptors (Lipinski definition) is 4. The third-order valence-corrected chi connectivity index (χ3v) is 3.76. The molecule has 1 atom stereocenters. The molecule has 0 aliphatic carbocycles. The van der Waals surface area contributed by atoms with E-state index in [0.717, 1.165) is 13.0 Å². The lowest BCUT2D eigenvalue weighted by Gasteiger charge is -2.13. The lowest BCUT2D eigenvalue weighted by molar-refractivity contribution is -0.140. The summed E-state index contributed by atoms with van der Waals surface area (Å²) in [5.41, 5.74) is 1.37. The van der Waals surface area contributed by atoms with E-state index in [0.29, 0.717) is 12.5 Å². The van der Waals surface area contributed by atoms with Crippen molar-refractivity contribution < 1.29 is 9.53 Å². The number of thiophene rings is 1. The fourth-order valence-corrected chi connectivity index (χ4v) is 2.87. The molecule has 0 saturated heterocycles. The highest BCUT2D eigenvalue weighted by atomic mass is 32.1. The second kappa shape index (κ2) is 6.77. The number of ether oxygens (including phenoxy) is 1. The maximum absolute atomic E-state index is 10.9. The topological polar surface area (TPSA) is 38.3 Å². The van der Waals surface area contributed by atoms with Crippen LogP contribution in [0.1, 0.15) is 41.1 Å². The molecule has 0 aromatic carbocycles. The van der Waals surface area contributed by atoms with E-state index in [2.05, 4.69) is 36.9 Å². The zero-order valence-electron chi connectivity index (χ0n) is 11.0. The van der Waals surface area contributed by atoms with E-state index >= 15 is 0 Å². The van der Waals surface area contributed by atoms with Crippen molar-refractivity contribution in [2.45, 2.75) is 39.7 Å². The van der Waals surface area contributed by atoms with Gasteiger partial charge in [-0.2, -0.15) is 0 Å². The Bertz CT molecular complexity index is 373. The van der Waals surface area contributed by atoms with Gasteiger partial charge in [0.15, 0.2) is 0 Å². The molecular weight excluding hydrogens is 234 g/mol. The number of carbonyl (C=O) groups is 1. The summed E-state index contributed by atoms with van der Waals surface area (Å²) >= 11 is 1.83. The first-order valence-electron chi connectivity index (χ1n) is 5.91. The first-order chi connectivity index (χ1) is 8.04. The SMILES string of the molecule is COC(=O)CCCNC(C)c1cc(C)sc1C. The molecule has 0 radical (unpaired) electrons. The molecule has 17 heavy (non-hydrogen) atoms. The molecule has 0 saturated carbocycles. The van der Waals surface area contributed by atoms with Gasteiger partial charge in [-0.25, -0.2) is 0 Å². The zero-order chi connectivity index (χ0) is 12.8. The Morgan fingerprint density at radius 3 is 2.76 bits per heavy atom. The van der Waals surface area contributed by atoms with E-state index in [4.69, 9.17) is 0 Å². The van der Waals surface area contributed by atoms with E-state index in [9.17, 15) is 4.79 Å². The van der Waals surface area contributed by atoms with E-state index in [1.807, 2.05) is 11.3 Å². The van der Waals surface area contributed by atoms with Crippen LogP contribution in [0.5, 0.6) is 0 Å². The van der Waals surface area contributed by atoms with Crippen molar-refractivity contribution in [3.8, 4) is 0 Å². The monoisotopic (exact) mass is 255 g/mol. The number of esters is 1. The summed E-state index contributed by atoms with van der Waals surface area (Å²) in [5, 5.41) is 3.43. The standard InChI is InChI=1S/C13H21NO2S/c1-9-8-12(11(3)17-9)10(2)14-7-5-6-13(15)16-4/h8,10,14H,5-7H2,1-4H3. The van der Waals surface area contributed by atoms with Crippen LogP contribution in [0.25, 0.3) is 0 Å². The quantitative estimate of drug-likeness (QED) is 0.627. The minimum absolute atomic E-state index is 0.137. The Morgan fingerprint density at radius 2 is 2.24 bits per heavy atom. The van der Waals surface area contributed by atoms with Gasteiger partial charge in [-0.05, 0) is 45.4 Å². The maximum Gasteiger partial charge on any atom is 0.305 e. The van der Waals surface area contributed by atoms with Crippen molar-refractivity contribution in [2.75, 3.05) is 13.7 Å². The third-order valence-electron chi connectivity index (χ3n) is 2.78. The molecule has 1 aromatic heterocycles. The molecule has 0 aliphatic rings.